The maximum atomic E-state index is 10.3. The van der Waals surface area contributed by atoms with Gasteiger partial charge in [0, 0.05) is 16.3 Å². The van der Waals surface area contributed by atoms with Crippen LogP contribution in [0.25, 0.3) is 21.9 Å². The van der Waals surface area contributed by atoms with Gasteiger partial charge >= 0.3 is 0 Å². The number of rotatable bonds is 3. The zero-order valence-corrected chi connectivity index (χ0v) is 10.8. The number of hydrazone groups is 1. The maximum Gasteiger partial charge on any atom is 0.227 e. The first-order chi connectivity index (χ1) is 9.72. The Morgan fingerprint density at radius 3 is 2.90 bits per heavy atom. The van der Waals surface area contributed by atoms with Crippen LogP contribution < -0.4 is 5.43 Å². The van der Waals surface area contributed by atoms with Crippen LogP contribution in [0.4, 0.5) is 0 Å². The van der Waals surface area contributed by atoms with Crippen LogP contribution >= 0.6 is 0 Å². The van der Waals surface area contributed by atoms with Crippen molar-refractivity contribution in [2.45, 2.75) is 6.92 Å². The third-order valence-electron chi connectivity index (χ3n) is 3.18. The molecule has 5 heteroatoms. The molecule has 2 aromatic carbocycles. The van der Waals surface area contributed by atoms with Crippen molar-refractivity contribution >= 4 is 34.1 Å². The van der Waals surface area contributed by atoms with E-state index in [0.29, 0.717) is 23.3 Å². The topological polar surface area (TPSA) is 74.8 Å². The molecule has 1 aromatic heterocycles. The Hall–Kier alpha value is -2.82. The van der Waals surface area contributed by atoms with Crippen LogP contribution in [0.5, 0.6) is 5.75 Å². The van der Waals surface area contributed by atoms with Crippen LogP contribution in [0, 0.1) is 0 Å². The van der Waals surface area contributed by atoms with E-state index in [1.165, 1.54) is 0 Å². The molecule has 0 saturated heterocycles. The normalized spacial score (nSPS) is 11.9. The summed E-state index contributed by atoms with van der Waals surface area (Å²) in [6.45, 7) is 1.78. The number of fused-ring (bicyclic) bond motifs is 3. The number of hydrogen-bond acceptors (Lipinski definition) is 4. The number of phenols is 1. The second-order valence-corrected chi connectivity index (χ2v) is 4.38. The molecule has 0 fully saturated rings. The fourth-order valence-electron chi connectivity index (χ4n) is 2.30. The molecule has 1 heterocycles. The number of aromatic hydroxyl groups is 1. The predicted molar refractivity (Wildman–Crippen MR) is 76.8 cm³/mol. The first kappa shape index (κ1) is 12.2. The molecule has 3 aromatic rings. The van der Waals surface area contributed by atoms with E-state index in [1.807, 2.05) is 24.3 Å². The van der Waals surface area contributed by atoms with Gasteiger partial charge in [-0.2, -0.15) is 5.10 Å². The summed E-state index contributed by atoms with van der Waals surface area (Å²) in [6.07, 6.45) is 0.509. The standard InChI is InChI=1S/C15H12N2O3/c1-9(17-16-8-18)10-6-7-12(19)15-14(10)11-4-2-3-5-13(11)20-15/h2-8,19H,1H3,(H,16,18)/b17-9+. The molecule has 0 radical (unpaired) electrons. The highest BCUT2D eigenvalue weighted by Gasteiger charge is 2.15. The van der Waals surface area contributed by atoms with Crippen LogP contribution in [0.1, 0.15) is 12.5 Å². The Balaban J connectivity index is 2.38. The minimum Gasteiger partial charge on any atom is -0.504 e. The van der Waals surface area contributed by atoms with Gasteiger partial charge in [0.15, 0.2) is 11.3 Å². The number of para-hydroxylation sites is 1. The summed E-state index contributed by atoms with van der Waals surface area (Å²) in [5.74, 6) is 0.0797. The van der Waals surface area contributed by atoms with E-state index in [1.54, 1.807) is 19.1 Å². The van der Waals surface area contributed by atoms with Gasteiger partial charge in [0.1, 0.15) is 5.58 Å². The number of phenolic OH excluding ortho intramolecular Hbond substituents is 1. The van der Waals surface area contributed by atoms with Gasteiger partial charge in [0.2, 0.25) is 6.41 Å². The summed E-state index contributed by atoms with van der Waals surface area (Å²) in [5.41, 5.74) is 4.83. The molecule has 0 aliphatic heterocycles. The Morgan fingerprint density at radius 1 is 1.30 bits per heavy atom. The highest BCUT2D eigenvalue weighted by atomic mass is 16.4. The van der Waals surface area contributed by atoms with Gasteiger partial charge in [-0.1, -0.05) is 18.2 Å². The Morgan fingerprint density at radius 2 is 2.10 bits per heavy atom. The quantitative estimate of drug-likeness (QED) is 0.435. The summed E-state index contributed by atoms with van der Waals surface area (Å²) >= 11 is 0. The largest absolute Gasteiger partial charge is 0.504 e. The first-order valence-corrected chi connectivity index (χ1v) is 6.09. The molecule has 3 rings (SSSR count). The third kappa shape index (κ3) is 1.80. The molecule has 0 bridgehead atoms. The van der Waals surface area contributed by atoms with Crippen molar-refractivity contribution in [1.29, 1.82) is 0 Å². The van der Waals surface area contributed by atoms with Crippen molar-refractivity contribution in [3.63, 3.8) is 0 Å². The van der Waals surface area contributed by atoms with Gasteiger partial charge in [-0.3, -0.25) is 4.79 Å². The molecule has 0 aliphatic carbocycles. The fourth-order valence-corrected chi connectivity index (χ4v) is 2.30. The van der Waals surface area contributed by atoms with Crippen molar-refractivity contribution in [1.82, 2.24) is 5.43 Å². The number of amides is 1. The average Bonchev–Trinajstić information content (AvgIpc) is 2.86. The van der Waals surface area contributed by atoms with Crippen LogP contribution in [-0.2, 0) is 4.79 Å². The third-order valence-corrected chi connectivity index (χ3v) is 3.18. The maximum absolute atomic E-state index is 10.3. The zero-order valence-electron chi connectivity index (χ0n) is 10.8. The second kappa shape index (κ2) is 4.70. The molecule has 5 nitrogen and oxygen atoms in total. The molecule has 0 aliphatic rings. The molecule has 0 atom stereocenters. The highest BCUT2D eigenvalue weighted by molar-refractivity contribution is 6.18. The van der Waals surface area contributed by atoms with E-state index < -0.39 is 0 Å². The van der Waals surface area contributed by atoms with Crippen molar-refractivity contribution < 1.29 is 14.3 Å². The number of nitrogens with zero attached hydrogens (tertiary/aromatic N) is 1. The van der Waals surface area contributed by atoms with E-state index in [-0.39, 0.29) is 5.75 Å². The molecule has 20 heavy (non-hydrogen) atoms. The van der Waals surface area contributed by atoms with Crippen LogP contribution in [0.3, 0.4) is 0 Å². The molecule has 0 saturated carbocycles. The van der Waals surface area contributed by atoms with Gasteiger partial charge < -0.3 is 9.52 Å². The SMILES string of the molecule is C/C(=N\NC=O)c1ccc(O)c2oc3ccccc3c12. The Bertz CT molecular complexity index is 834. The lowest BCUT2D eigenvalue weighted by Crippen LogP contribution is -2.06. The molecule has 0 unspecified atom stereocenters. The summed E-state index contributed by atoms with van der Waals surface area (Å²) in [4.78, 5) is 10.3. The lowest BCUT2D eigenvalue weighted by molar-refractivity contribution is -0.109. The number of benzene rings is 2. The zero-order chi connectivity index (χ0) is 14.1. The smallest absolute Gasteiger partial charge is 0.227 e. The van der Waals surface area contributed by atoms with Crippen molar-refractivity contribution in [3.05, 3.63) is 42.0 Å². The predicted octanol–water partition coefficient (Wildman–Crippen LogP) is 2.76. The minimum absolute atomic E-state index is 0.0797. The van der Waals surface area contributed by atoms with Gasteiger partial charge in [-0.05, 0) is 25.1 Å². The summed E-state index contributed by atoms with van der Waals surface area (Å²) in [7, 11) is 0. The number of furan rings is 1. The first-order valence-electron chi connectivity index (χ1n) is 6.09. The van der Waals surface area contributed by atoms with E-state index in [0.717, 1.165) is 16.3 Å². The van der Waals surface area contributed by atoms with Crippen LogP contribution in [0.15, 0.2) is 45.9 Å². The van der Waals surface area contributed by atoms with Crippen molar-refractivity contribution in [2.75, 3.05) is 0 Å². The van der Waals surface area contributed by atoms with E-state index in [4.69, 9.17) is 4.42 Å². The summed E-state index contributed by atoms with van der Waals surface area (Å²) in [5, 5.41) is 15.6. The molecule has 100 valence electrons. The van der Waals surface area contributed by atoms with Gasteiger partial charge in [0.05, 0.1) is 5.71 Å². The number of carbonyl (C=O) groups is 1. The van der Waals surface area contributed by atoms with Crippen molar-refractivity contribution in [3.8, 4) is 5.75 Å². The lowest BCUT2D eigenvalue weighted by atomic mass is 10.0. The molecular weight excluding hydrogens is 256 g/mol. The van der Waals surface area contributed by atoms with Gasteiger partial charge in [-0.15, -0.1) is 0 Å². The molecule has 0 spiro atoms. The summed E-state index contributed by atoms with van der Waals surface area (Å²) in [6, 6.07) is 10.8. The van der Waals surface area contributed by atoms with Crippen LogP contribution in [-0.4, -0.2) is 17.2 Å². The summed E-state index contributed by atoms with van der Waals surface area (Å²) < 4.78 is 5.68. The molecular formula is C15H12N2O3. The van der Waals surface area contributed by atoms with Crippen LogP contribution in [0.2, 0.25) is 0 Å². The molecule has 2 N–H and O–H groups in total. The fraction of sp³-hybridized carbons (Fsp3) is 0.0667. The van der Waals surface area contributed by atoms with E-state index in [9.17, 15) is 9.90 Å². The Labute approximate surface area is 114 Å². The monoisotopic (exact) mass is 268 g/mol. The van der Waals surface area contributed by atoms with E-state index in [2.05, 4.69) is 10.5 Å². The van der Waals surface area contributed by atoms with Gasteiger partial charge in [-0.25, -0.2) is 5.43 Å². The lowest BCUT2D eigenvalue weighted by Gasteiger charge is -2.03. The van der Waals surface area contributed by atoms with Gasteiger partial charge in [0.25, 0.3) is 0 Å². The highest BCUT2D eigenvalue weighted by Crippen LogP contribution is 2.36. The number of hydrogen-bond donors (Lipinski definition) is 2. The van der Waals surface area contributed by atoms with Crippen molar-refractivity contribution in [2.24, 2.45) is 5.10 Å². The molecule has 1 amide bonds. The second-order valence-electron chi connectivity index (χ2n) is 4.38. The Kier molecular flexibility index (Phi) is 2.87. The minimum atomic E-state index is 0.0797. The van der Waals surface area contributed by atoms with E-state index >= 15 is 0 Å². The number of nitrogens with one attached hydrogen (secondary N) is 1. The average molecular weight is 268 g/mol. The number of carbonyl (C=O) groups excluding carboxylic acids is 1.